The van der Waals surface area contributed by atoms with Gasteiger partial charge in [0.15, 0.2) is 6.10 Å². The molecule has 2 N–H and O–H groups in total. The first-order chi connectivity index (χ1) is 13.8. The van der Waals surface area contributed by atoms with Crippen LogP contribution in [0.1, 0.15) is 11.4 Å². The number of hydrogen-bond donors (Lipinski definition) is 2. The zero-order valence-electron chi connectivity index (χ0n) is 17.1. The summed E-state index contributed by atoms with van der Waals surface area (Å²) in [5, 5.41) is 9.80. The number of aryl methyl sites for hydroxylation is 2. The molecule has 2 aromatic rings. The fourth-order valence-corrected chi connectivity index (χ4v) is 3.04. The molecule has 1 aromatic heterocycles. The molecule has 3 rings (SSSR count). The molecule has 2 heterocycles. The number of hydrogen-bond acceptors (Lipinski definition) is 5. The largest absolute Gasteiger partial charge is 0.483 e. The molecule has 1 atom stereocenters. The van der Waals surface area contributed by atoms with E-state index in [1.165, 1.54) is 4.90 Å². The SMILES string of the molecule is Cc1nc2cc(CNC(=O)N3CCOC(C(=O)N(C)C)C3)ccc2n1C.O=CO. The lowest BCUT2D eigenvalue weighted by atomic mass is 10.2. The smallest absolute Gasteiger partial charge is 0.317 e. The minimum atomic E-state index is -0.600. The number of carbonyl (C=O) groups is 3. The van der Waals surface area contributed by atoms with Crippen molar-refractivity contribution in [2.24, 2.45) is 7.05 Å². The maximum absolute atomic E-state index is 12.4. The van der Waals surface area contributed by atoms with Gasteiger partial charge in [-0.3, -0.25) is 9.59 Å². The Labute approximate surface area is 169 Å². The van der Waals surface area contributed by atoms with E-state index in [4.69, 9.17) is 14.6 Å². The Morgan fingerprint density at radius 2 is 2.10 bits per heavy atom. The first-order valence-electron chi connectivity index (χ1n) is 9.13. The van der Waals surface area contributed by atoms with Crippen LogP contribution in [0.3, 0.4) is 0 Å². The maximum atomic E-state index is 12.4. The standard InChI is InChI=1S/C18H25N5O3.CH2O2/c1-12-20-14-9-13(5-6-15(14)22(12)4)10-19-18(25)23-7-8-26-16(11-23)17(24)21(2)3;2-1-3/h5-6,9,16H,7-8,10-11H2,1-4H3,(H,19,25);1H,(H,2,3). The predicted molar refractivity (Wildman–Crippen MR) is 106 cm³/mol. The van der Waals surface area contributed by atoms with Crippen molar-refractivity contribution in [3.63, 3.8) is 0 Å². The van der Waals surface area contributed by atoms with Gasteiger partial charge in [0.1, 0.15) is 5.82 Å². The summed E-state index contributed by atoms with van der Waals surface area (Å²) in [6.45, 7) is 3.22. The number of aromatic nitrogens is 2. The van der Waals surface area contributed by atoms with Crippen molar-refractivity contribution in [3.05, 3.63) is 29.6 Å². The number of fused-ring (bicyclic) bond motifs is 1. The number of imidazole rings is 1. The fraction of sp³-hybridized carbons (Fsp3) is 0.474. The van der Waals surface area contributed by atoms with Crippen molar-refractivity contribution in [1.29, 1.82) is 0 Å². The van der Waals surface area contributed by atoms with Crippen LogP contribution in [-0.2, 0) is 27.9 Å². The fourth-order valence-electron chi connectivity index (χ4n) is 3.04. The molecule has 1 unspecified atom stereocenters. The molecule has 158 valence electrons. The molecule has 0 aliphatic carbocycles. The van der Waals surface area contributed by atoms with Crippen LogP contribution in [0.2, 0.25) is 0 Å². The summed E-state index contributed by atoms with van der Waals surface area (Å²) in [6.07, 6.45) is -0.600. The van der Waals surface area contributed by atoms with Crippen molar-refractivity contribution in [1.82, 2.24) is 24.7 Å². The van der Waals surface area contributed by atoms with E-state index < -0.39 is 6.10 Å². The van der Waals surface area contributed by atoms with Crippen molar-refractivity contribution in [3.8, 4) is 0 Å². The highest BCUT2D eigenvalue weighted by Crippen LogP contribution is 2.16. The lowest BCUT2D eigenvalue weighted by Gasteiger charge is -2.33. The van der Waals surface area contributed by atoms with Gasteiger partial charge < -0.3 is 29.5 Å². The third-order valence-corrected chi connectivity index (χ3v) is 4.68. The van der Waals surface area contributed by atoms with Crippen LogP contribution in [0.5, 0.6) is 0 Å². The van der Waals surface area contributed by atoms with Crippen LogP contribution in [-0.4, -0.2) is 82.8 Å². The molecule has 10 nitrogen and oxygen atoms in total. The lowest BCUT2D eigenvalue weighted by molar-refractivity contribution is -0.145. The van der Waals surface area contributed by atoms with E-state index in [-0.39, 0.29) is 25.0 Å². The Bertz CT molecular complexity index is 879. The Morgan fingerprint density at radius 3 is 2.76 bits per heavy atom. The number of carboxylic acid groups (broad SMARTS) is 1. The number of rotatable bonds is 3. The summed E-state index contributed by atoms with van der Waals surface area (Å²) in [5.74, 6) is 0.824. The van der Waals surface area contributed by atoms with Crippen LogP contribution < -0.4 is 5.32 Å². The van der Waals surface area contributed by atoms with Crippen molar-refractivity contribution in [2.45, 2.75) is 19.6 Å². The quantitative estimate of drug-likeness (QED) is 0.722. The number of ether oxygens (including phenoxy) is 1. The molecule has 1 fully saturated rings. The average Bonchev–Trinajstić information content (AvgIpc) is 2.99. The molecule has 0 radical (unpaired) electrons. The summed E-state index contributed by atoms with van der Waals surface area (Å²) in [6, 6.07) is 5.79. The highest BCUT2D eigenvalue weighted by atomic mass is 16.5. The number of benzene rings is 1. The highest BCUT2D eigenvalue weighted by molar-refractivity contribution is 5.82. The normalized spacial score (nSPS) is 16.0. The van der Waals surface area contributed by atoms with Crippen LogP contribution in [0, 0.1) is 6.92 Å². The molecule has 0 saturated carbocycles. The van der Waals surface area contributed by atoms with Gasteiger partial charge in [0.05, 0.1) is 24.2 Å². The van der Waals surface area contributed by atoms with Gasteiger partial charge in [0.2, 0.25) is 0 Å². The second-order valence-corrected chi connectivity index (χ2v) is 6.84. The topological polar surface area (TPSA) is 117 Å². The van der Waals surface area contributed by atoms with Crippen LogP contribution in [0.15, 0.2) is 18.2 Å². The van der Waals surface area contributed by atoms with Crippen molar-refractivity contribution >= 4 is 29.4 Å². The number of nitrogens with zero attached hydrogens (tertiary/aromatic N) is 4. The van der Waals surface area contributed by atoms with Gasteiger partial charge in [0, 0.05) is 34.2 Å². The van der Waals surface area contributed by atoms with Gasteiger partial charge in [0.25, 0.3) is 12.4 Å². The Balaban J connectivity index is 0.000000941. The average molecular weight is 405 g/mol. The molecule has 3 amide bonds. The van der Waals surface area contributed by atoms with Crippen molar-refractivity contribution < 1.29 is 24.2 Å². The van der Waals surface area contributed by atoms with Gasteiger partial charge in [-0.05, 0) is 24.6 Å². The van der Waals surface area contributed by atoms with Crippen molar-refractivity contribution in [2.75, 3.05) is 33.8 Å². The van der Waals surface area contributed by atoms with E-state index in [0.29, 0.717) is 19.7 Å². The lowest BCUT2D eigenvalue weighted by Crippen LogP contribution is -2.53. The molecule has 10 heteroatoms. The minimum Gasteiger partial charge on any atom is -0.483 e. The number of nitrogens with one attached hydrogen (secondary N) is 1. The molecule has 29 heavy (non-hydrogen) atoms. The molecular formula is C19H27N5O5. The third-order valence-electron chi connectivity index (χ3n) is 4.68. The molecule has 1 saturated heterocycles. The van der Waals surface area contributed by atoms with Gasteiger partial charge in [-0.25, -0.2) is 9.78 Å². The maximum Gasteiger partial charge on any atom is 0.317 e. The van der Waals surface area contributed by atoms with Crippen LogP contribution in [0.4, 0.5) is 4.79 Å². The number of urea groups is 1. The monoisotopic (exact) mass is 405 g/mol. The third kappa shape index (κ3) is 5.44. The highest BCUT2D eigenvalue weighted by Gasteiger charge is 2.30. The number of morpholine rings is 1. The molecule has 0 spiro atoms. The van der Waals surface area contributed by atoms with Gasteiger partial charge >= 0.3 is 6.03 Å². The van der Waals surface area contributed by atoms with E-state index in [1.807, 2.05) is 36.7 Å². The summed E-state index contributed by atoms with van der Waals surface area (Å²) < 4.78 is 7.52. The first-order valence-corrected chi connectivity index (χ1v) is 9.13. The number of carbonyl (C=O) groups excluding carboxylic acids is 2. The second-order valence-electron chi connectivity index (χ2n) is 6.84. The predicted octanol–water partition coefficient (Wildman–Crippen LogP) is 0.581. The molecular weight excluding hydrogens is 378 g/mol. The van der Waals surface area contributed by atoms with Crippen LogP contribution in [0.25, 0.3) is 11.0 Å². The van der Waals surface area contributed by atoms with E-state index in [1.54, 1.807) is 19.0 Å². The molecule has 1 aliphatic rings. The molecule has 0 bridgehead atoms. The molecule has 1 aliphatic heterocycles. The zero-order valence-corrected chi connectivity index (χ0v) is 17.1. The molecule has 1 aromatic carbocycles. The zero-order chi connectivity index (χ0) is 21.6. The van der Waals surface area contributed by atoms with E-state index >= 15 is 0 Å². The van der Waals surface area contributed by atoms with Gasteiger partial charge in [-0.15, -0.1) is 0 Å². The Morgan fingerprint density at radius 1 is 1.41 bits per heavy atom. The second kappa shape index (κ2) is 9.87. The van der Waals surface area contributed by atoms with E-state index in [9.17, 15) is 9.59 Å². The summed E-state index contributed by atoms with van der Waals surface area (Å²) in [4.78, 5) is 40.5. The number of amides is 3. The Kier molecular flexibility index (Phi) is 7.54. The summed E-state index contributed by atoms with van der Waals surface area (Å²) in [5.41, 5.74) is 2.97. The number of likely N-dealkylation sites (N-methyl/N-ethyl adjacent to an activating group) is 1. The van der Waals surface area contributed by atoms with Gasteiger partial charge in [-0.2, -0.15) is 0 Å². The van der Waals surface area contributed by atoms with Gasteiger partial charge in [-0.1, -0.05) is 6.07 Å². The van der Waals surface area contributed by atoms with E-state index in [2.05, 4.69) is 10.3 Å². The minimum absolute atomic E-state index is 0.126. The van der Waals surface area contributed by atoms with Crippen LogP contribution >= 0.6 is 0 Å². The Hall–Kier alpha value is -3.14. The van der Waals surface area contributed by atoms with E-state index in [0.717, 1.165) is 22.4 Å². The summed E-state index contributed by atoms with van der Waals surface area (Å²) in [7, 11) is 5.34. The summed E-state index contributed by atoms with van der Waals surface area (Å²) >= 11 is 0. The first kappa shape index (κ1) is 22.2.